The highest BCUT2D eigenvalue weighted by molar-refractivity contribution is 5.78. The molecule has 1 aliphatic rings. The second-order valence-corrected chi connectivity index (χ2v) is 4.90. The van der Waals surface area contributed by atoms with E-state index in [-0.39, 0.29) is 18.4 Å². The van der Waals surface area contributed by atoms with Crippen LogP contribution in [0.1, 0.15) is 25.0 Å². The number of nitrogens with two attached hydrogens (primary N) is 1. The van der Waals surface area contributed by atoms with E-state index >= 15 is 0 Å². The maximum Gasteiger partial charge on any atom is 0.226 e. The van der Waals surface area contributed by atoms with Crippen molar-refractivity contribution in [3.63, 3.8) is 0 Å². The summed E-state index contributed by atoms with van der Waals surface area (Å²) in [5, 5.41) is 12.3. The van der Waals surface area contributed by atoms with Crippen LogP contribution >= 0.6 is 0 Å². The minimum absolute atomic E-state index is 0.0336. The minimum atomic E-state index is -0.189. The van der Waals surface area contributed by atoms with Gasteiger partial charge in [-0.2, -0.15) is 0 Å². The van der Waals surface area contributed by atoms with Gasteiger partial charge in [0, 0.05) is 12.2 Å². The molecule has 2 rings (SSSR count). The number of anilines is 1. The first-order chi connectivity index (χ1) is 8.63. The van der Waals surface area contributed by atoms with Gasteiger partial charge in [-0.25, -0.2) is 0 Å². The summed E-state index contributed by atoms with van der Waals surface area (Å²) in [7, 11) is 0. The molecule has 5 heteroatoms. The Labute approximate surface area is 106 Å². The lowest BCUT2D eigenvalue weighted by Crippen LogP contribution is -2.30. The number of rotatable bonds is 4. The molecule has 2 atom stereocenters. The summed E-state index contributed by atoms with van der Waals surface area (Å²) in [4.78, 5) is 15.8. The second-order valence-electron chi connectivity index (χ2n) is 4.90. The van der Waals surface area contributed by atoms with E-state index in [0.717, 1.165) is 19.3 Å². The van der Waals surface area contributed by atoms with Gasteiger partial charge in [0.2, 0.25) is 5.91 Å². The van der Waals surface area contributed by atoms with Gasteiger partial charge in [-0.1, -0.05) is 0 Å². The van der Waals surface area contributed by atoms with Crippen LogP contribution in [0.3, 0.4) is 0 Å². The number of hydrogen-bond acceptors (Lipinski definition) is 4. The summed E-state index contributed by atoms with van der Waals surface area (Å²) in [5.74, 6) is 0.372. The monoisotopic (exact) mass is 249 g/mol. The van der Waals surface area contributed by atoms with Crippen LogP contribution in [0.4, 0.5) is 5.69 Å². The Morgan fingerprint density at radius 3 is 2.94 bits per heavy atom. The molecular formula is C13H19N3O2. The molecule has 0 radical (unpaired) electrons. The van der Waals surface area contributed by atoms with Gasteiger partial charge < -0.3 is 16.2 Å². The first kappa shape index (κ1) is 12.8. The molecule has 1 saturated carbocycles. The largest absolute Gasteiger partial charge is 0.397 e. The predicted octanol–water partition coefficient (Wildman–Crippen LogP) is 0.483. The van der Waals surface area contributed by atoms with Gasteiger partial charge in [0.25, 0.3) is 0 Å². The van der Waals surface area contributed by atoms with Crippen LogP contribution in [0, 0.1) is 5.92 Å². The lowest BCUT2D eigenvalue weighted by atomic mass is 10.1. The molecule has 2 unspecified atom stereocenters. The maximum atomic E-state index is 11.7. The van der Waals surface area contributed by atoms with E-state index < -0.39 is 0 Å². The van der Waals surface area contributed by atoms with Crippen LogP contribution in [-0.2, 0) is 11.2 Å². The number of hydrogen-bond donors (Lipinski definition) is 3. The maximum absolute atomic E-state index is 11.7. The molecule has 1 aliphatic carbocycles. The van der Waals surface area contributed by atoms with Gasteiger partial charge >= 0.3 is 0 Å². The average Bonchev–Trinajstić information content (AvgIpc) is 2.76. The summed E-state index contributed by atoms with van der Waals surface area (Å²) in [6.45, 7) is 0.644. The topological polar surface area (TPSA) is 88.2 Å². The third kappa shape index (κ3) is 3.70. The number of aromatic nitrogens is 1. The summed E-state index contributed by atoms with van der Waals surface area (Å²) in [5.41, 5.74) is 6.84. The first-order valence-electron chi connectivity index (χ1n) is 6.28. The molecule has 1 fully saturated rings. The number of aliphatic hydroxyl groups excluding tert-OH is 1. The molecule has 0 aromatic carbocycles. The highest BCUT2D eigenvalue weighted by Gasteiger charge is 2.22. The summed E-state index contributed by atoms with van der Waals surface area (Å²) in [6.07, 6.45) is 4.26. The van der Waals surface area contributed by atoms with Crippen LogP contribution in [0.5, 0.6) is 0 Å². The van der Waals surface area contributed by atoms with Gasteiger partial charge in [0.05, 0.1) is 24.4 Å². The Morgan fingerprint density at radius 2 is 2.33 bits per heavy atom. The SMILES string of the molecule is Nc1ccc(CC(=O)NCC2CCC(O)C2)nc1. The number of carbonyl (C=O) groups is 1. The van der Waals surface area contributed by atoms with Crippen molar-refractivity contribution in [2.75, 3.05) is 12.3 Å². The van der Waals surface area contributed by atoms with E-state index in [9.17, 15) is 9.90 Å². The zero-order chi connectivity index (χ0) is 13.0. The van der Waals surface area contributed by atoms with Crippen LogP contribution in [0.2, 0.25) is 0 Å². The molecule has 1 amide bonds. The van der Waals surface area contributed by atoms with Crippen LogP contribution < -0.4 is 11.1 Å². The van der Waals surface area contributed by atoms with Crippen molar-refractivity contribution in [1.82, 2.24) is 10.3 Å². The number of amides is 1. The fourth-order valence-electron chi connectivity index (χ4n) is 2.26. The lowest BCUT2D eigenvalue weighted by molar-refractivity contribution is -0.120. The normalized spacial score (nSPS) is 22.9. The van der Waals surface area contributed by atoms with Crippen molar-refractivity contribution < 1.29 is 9.90 Å². The number of nitrogens with one attached hydrogen (secondary N) is 1. The molecule has 5 nitrogen and oxygen atoms in total. The van der Waals surface area contributed by atoms with E-state index in [4.69, 9.17) is 5.73 Å². The second kappa shape index (κ2) is 5.82. The van der Waals surface area contributed by atoms with Gasteiger partial charge in [-0.05, 0) is 37.3 Å². The van der Waals surface area contributed by atoms with Crippen LogP contribution in [0.25, 0.3) is 0 Å². The van der Waals surface area contributed by atoms with Crippen molar-refractivity contribution in [3.05, 3.63) is 24.0 Å². The lowest BCUT2D eigenvalue weighted by Gasteiger charge is -2.10. The number of nitrogens with zero attached hydrogens (tertiary/aromatic N) is 1. The van der Waals surface area contributed by atoms with Crippen LogP contribution in [0.15, 0.2) is 18.3 Å². The molecule has 1 aromatic heterocycles. The Hall–Kier alpha value is -1.62. The predicted molar refractivity (Wildman–Crippen MR) is 68.7 cm³/mol. The van der Waals surface area contributed by atoms with Gasteiger partial charge in [0.15, 0.2) is 0 Å². The third-order valence-corrected chi connectivity index (χ3v) is 3.29. The molecule has 0 saturated heterocycles. The number of pyridine rings is 1. The number of carbonyl (C=O) groups excluding carboxylic acids is 1. The zero-order valence-corrected chi connectivity index (χ0v) is 10.3. The molecule has 18 heavy (non-hydrogen) atoms. The Bertz CT molecular complexity index is 405. The van der Waals surface area contributed by atoms with E-state index in [1.165, 1.54) is 0 Å². The summed E-state index contributed by atoms with van der Waals surface area (Å²) < 4.78 is 0. The number of nitrogen functional groups attached to an aromatic ring is 1. The van der Waals surface area contributed by atoms with Crippen LogP contribution in [-0.4, -0.2) is 28.6 Å². The Morgan fingerprint density at radius 1 is 1.50 bits per heavy atom. The first-order valence-corrected chi connectivity index (χ1v) is 6.28. The average molecular weight is 249 g/mol. The summed E-state index contributed by atoms with van der Waals surface area (Å²) >= 11 is 0. The van der Waals surface area contributed by atoms with Crippen molar-refractivity contribution >= 4 is 11.6 Å². The van der Waals surface area contributed by atoms with E-state index in [1.807, 2.05) is 0 Å². The molecule has 4 N–H and O–H groups in total. The van der Waals surface area contributed by atoms with Crippen molar-refractivity contribution in [2.45, 2.75) is 31.8 Å². The van der Waals surface area contributed by atoms with Gasteiger partial charge in [0.1, 0.15) is 0 Å². The molecule has 1 aromatic rings. The van der Waals surface area contributed by atoms with E-state index in [1.54, 1.807) is 18.3 Å². The quantitative estimate of drug-likeness (QED) is 0.724. The molecular weight excluding hydrogens is 230 g/mol. The third-order valence-electron chi connectivity index (χ3n) is 3.29. The Kier molecular flexibility index (Phi) is 4.15. The smallest absolute Gasteiger partial charge is 0.226 e. The standard InChI is InChI=1S/C13H19N3O2/c14-10-2-3-11(15-8-10)6-13(18)16-7-9-1-4-12(17)5-9/h2-3,8-9,12,17H,1,4-7,14H2,(H,16,18). The fourth-order valence-corrected chi connectivity index (χ4v) is 2.26. The molecule has 1 heterocycles. The van der Waals surface area contributed by atoms with Gasteiger partial charge in [-0.15, -0.1) is 0 Å². The van der Waals surface area contributed by atoms with E-state index in [2.05, 4.69) is 10.3 Å². The summed E-state index contributed by atoms with van der Waals surface area (Å²) in [6, 6.07) is 3.50. The highest BCUT2D eigenvalue weighted by Crippen LogP contribution is 2.24. The fraction of sp³-hybridized carbons (Fsp3) is 0.538. The minimum Gasteiger partial charge on any atom is -0.397 e. The highest BCUT2D eigenvalue weighted by atomic mass is 16.3. The van der Waals surface area contributed by atoms with Crippen molar-refractivity contribution in [2.24, 2.45) is 5.92 Å². The van der Waals surface area contributed by atoms with E-state index in [0.29, 0.717) is 23.8 Å². The van der Waals surface area contributed by atoms with Gasteiger partial charge in [-0.3, -0.25) is 9.78 Å². The van der Waals surface area contributed by atoms with Crippen molar-refractivity contribution in [1.29, 1.82) is 0 Å². The Balaban J connectivity index is 1.73. The molecule has 0 aliphatic heterocycles. The zero-order valence-electron chi connectivity index (χ0n) is 10.3. The molecule has 98 valence electrons. The molecule has 0 spiro atoms. The number of aliphatic hydroxyl groups is 1. The molecule has 0 bridgehead atoms. The van der Waals surface area contributed by atoms with Crippen molar-refractivity contribution in [3.8, 4) is 0 Å².